The van der Waals surface area contributed by atoms with Gasteiger partial charge in [-0.1, -0.05) is 18.2 Å². The lowest BCUT2D eigenvalue weighted by Gasteiger charge is -2.32. The Kier molecular flexibility index (Phi) is 1.56. The lowest BCUT2D eigenvalue weighted by molar-refractivity contribution is 0.609. The van der Waals surface area contributed by atoms with Gasteiger partial charge in [-0.25, -0.2) is 0 Å². The standard InChI is InChI=1S/C11H14N2/c1-2-4-11-9(3-1)5-6-10-7-12-8-13(10)11/h1-4,10,12H,5-8H2. The van der Waals surface area contributed by atoms with E-state index in [1.807, 2.05) is 0 Å². The molecule has 1 unspecified atom stereocenters. The van der Waals surface area contributed by atoms with Gasteiger partial charge in [-0.15, -0.1) is 0 Å². The Labute approximate surface area is 78.6 Å². The molecular weight excluding hydrogens is 160 g/mol. The molecule has 0 amide bonds. The minimum atomic E-state index is 0.745. The minimum Gasteiger partial charge on any atom is -0.354 e. The Balaban J connectivity index is 2.06. The lowest BCUT2D eigenvalue weighted by atomic mass is 9.97. The topological polar surface area (TPSA) is 15.3 Å². The summed E-state index contributed by atoms with van der Waals surface area (Å²) in [7, 11) is 0. The first-order valence-corrected chi connectivity index (χ1v) is 5.00. The zero-order valence-corrected chi connectivity index (χ0v) is 7.66. The molecule has 1 N–H and O–H groups in total. The number of nitrogens with zero attached hydrogens (tertiary/aromatic N) is 1. The molecule has 0 spiro atoms. The molecule has 0 bridgehead atoms. The van der Waals surface area contributed by atoms with E-state index in [2.05, 4.69) is 34.5 Å². The SMILES string of the molecule is c1ccc2c(c1)CCC1CNCN21. The number of rotatable bonds is 0. The van der Waals surface area contributed by atoms with Gasteiger partial charge in [-0.05, 0) is 24.5 Å². The van der Waals surface area contributed by atoms with Crippen molar-refractivity contribution < 1.29 is 0 Å². The first-order chi connectivity index (χ1) is 6.45. The van der Waals surface area contributed by atoms with Crippen LogP contribution in [0.2, 0.25) is 0 Å². The maximum absolute atomic E-state index is 3.43. The van der Waals surface area contributed by atoms with Crippen LogP contribution in [-0.2, 0) is 6.42 Å². The van der Waals surface area contributed by atoms with Crippen LogP contribution in [0, 0.1) is 0 Å². The molecule has 0 aromatic heterocycles. The van der Waals surface area contributed by atoms with Gasteiger partial charge in [0, 0.05) is 18.3 Å². The number of para-hydroxylation sites is 1. The van der Waals surface area contributed by atoms with E-state index in [0.29, 0.717) is 0 Å². The van der Waals surface area contributed by atoms with Crippen molar-refractivity contribution in [3.05, 3.63) is 29.8 Å². The van der Waals surface area contributed by atoms with Crippen molar-refractivity contribution in [3.63, 3.8) is 0 Å². The predicted molar refractivity (Wildman–Crippen MR) is 53.9 cm³/mol. The summed E-state index contributed by atoms with van der Waals surface area (Å²) in [4.78, 5) is 2.50. The van der Waals surface area contributed by atoms with Crippen LogP contribution < -0.4 is 10.2 Å². The van der Waals surface area contributed by atoms with Crippen LogP contribution in [0.5, 0.6) is 0 Å². The zero-order chi connectivity index (χ0) is 8.67. The van der Waals surface area contributed by atoms with E-state index < -0.39 is 0 Å². The van der Waals surface area contributed by atoms with Crippen LogP contribution in [0.15, 0.2) is 24.3 Å². The second-order valence-corrected chi connectivity index (χ2v) is 3.90. The number of aryl methyl sites for hydroxylation is 1. The first kappa shape index (κ1) is 7.39. The van der Waals surface area contributed by atoms with Crippen molar-refractivity contribution in [1.29, 1.82) is 0 Å². The Hall–Kier alpha value is -1.02. The van der Waals surface area contributed by atoms with E-state index in [1.165, 1.54) is 24.1 Å². The Morgan fingerprint density at radius 2 is 2.23 bits per heavy atom. The molecule has 2 heterocycles. The second-order valence-electron chi connectivity index (χ2n) is 3.90. The molecule has 1 aromatic carbocycles. The highest BCUT2D eigenvalue weighted by Crippen LogP contribution is 2.31. The fourth-order valence-corrected chi connectivity index (χ4v) is 2.46. The molecule has 68 valence electrons. The van der Waals surface area contributed by atoms with Crippen molar-refractivity contribution in [3.8, 4) is 0 Å². The fourth-order valence-electron chi connectivity index (χ4n) is 2.46. The van der Waals surface area contributed by atoms with Crippen LogP contribution in [0.1, 0.15) is 12.0 Å². The van der Waals surface area contributed by atoms with E-state index in [4.69, 9.17) is 0 Å². The summed E-state index contributed by atoms with van der Waals surface area (Å²) in [6.07, 6.45) is 2.56. The second kappa shape index (κ2) is 2.74. The summed E-state index contributed by atoms with van der Waals surface area (Å²) >= 11 is 0. The smallest absolute Gasteiger partial charge is 0.0686 e. The third kappa shape index (κ3) is 1.05. The van der Waals surface area contributed by atoms with E-state index in [1.54, 1.807) is 0 Å². The molecule has 2 heteroatoms. The van der Waals surface area contributed by atoms with Crippen molar-refractivity contribution in [1.82, 2.24) is 5.32 Å². The summed E-state index contributed by atoms with van der Waals surface area (Å²) in [5, 5.41) is 3.43. The maximum Gasteiger partial charge on any atom is 0.0686 e. The molecule has 0 aliphatic carbocycles. The van der Waals surface area contributed by atoms with E-state index >= 15 is 0 Å². The molecule has 1 fully saturated rings. The molecule has 1 saturated heterocycles. The molecule has 0 saturated carbocycles. The Morgan fingerprint density at radius 1 is 1.31 bits per heavy atom. The van der Waals surface area contributed by atoms with Gasteiger partial charge in [-0.2, -0.15) is 0 Å². The van der Waals surface area contributed by atoms with E-state index in [-0.39, 0.29) is 0 Å². The number of benzene rings is 1. The highest BCUT2D eigenvalue weighted by atomic mass is 15.3. The molecule has 1 atom stereocenters. The van der Waals surface area contributed by atoms with Gasteiger partial charge < -0.3 is 4.90 Å². The zero-order valence-electron chi connectivity index (χ0n) is 7.66. The Bertz CT molecular complexity index is 322. The van der Waals surface area contributed by atoms with Gasteiger partial charge in [0.2, 0.25) is 0 Å². The van der Waals surface area contributed by atoms with Crippen LogP contribution in [0.25, 0.3) is 0 Å². The number of hydrogen-bond donors (Lipinski definition) is 1. The highest BCUT2D eigenvalue weighted by molar-refractivity contribution is 5.57. The van der Waals surface area contributed by atoms with Crippen LogP contribution in [0.3, 0.4) is 0 Å². The van der Waals surface area contributed by atoms with Gasteiger partial charge in [0.15, 0.2) is 0 Å². The first-order valence-electron chi connectivity index (χ1n) is 5.00. The molecule has 2 nitrogen and oxygen atoms in total. The third-order valence-electron chi connectivity index (χ3n) is 3.15. The van der Waals surface area contributed by atoms with Crippen LogP contribution >= 0.6 is 0 Å². The average Bonchev–Trinajstić information content (AvgIpc) is 2.65. The predicted octanol–water partition coefficient (Wildman–Crippen LogP) is 1.37. The molecule has 1 aromatic rings. The van der Waals surface area contributed by atoms with Crippen molar-refractivity contribution in [2.75, 3.05) is 18.1 Å². The largest absolute Gasteiger partial charge is 0.354 e. The fraction of sp³-hybridized carbons (Fsp3) is 0.455. The Morgan fingerprint density at radius 3 is 3.23 bits per heavy atom. The summed E-state index contributed by atoms with van der Waals surface area (Å²) in [6, 6.07) is 9.52. The summed E-state index contributed by atoms with van der Waals surface area (Å²) < 4.78 is 0. The number of nitrogens with one attached hydrogen (secondary N) is 1. The average molecular weight is 174 g/mol. The van der Waals surface area contributed by atoms with Gasteiger partial charge in [0.05, 0.1) is 6.67 Å². The molecule has 3 rings (SSSR count). The van der Waals surface area contributed by atoms with Gasteiger partial charge in [0.25, 0.3) is 0 Å². The monoisotopic (exact) mass is 174 g/mol. The maximum atomic E-state index is 3.43. The van der Waals surface area contributed by atoms with Crippen LogP contribution in [0.4, 0.5) is 5.69 Å². The highest BCUT2D eigenvalue weighted by Gasteiger charge is 2.29. The molecule has 0 radical (unpaired) electrons. The van der Waals surface area contributed by atoms with Gasteiger partial charge >= 0.3 is 0 Å². The summed E-state index contributed by atoms with van der Waals surface area (Å²) in [5.41, 5.74) is 2.96. The third-order valence-corrected chi connectivity index (χ3v) is 3.15. The normalized spacial score (nSPS) is 25.5. The van der Waals surface area contributed by atoms with Gasteiger partial charge in [-0.3, -0.25) is 5.32 Å². The van der Waals surface area contributed by atoms with Crippen molar-refractivity contribution in [2.45, 2.75) is 18.9 Å². The summed E-state index contributed by atoms with van der Waals surface area (Å²) in [6.45, 7) is 2.19. The van der Waals surface area contributed by atoms with Crippen molar-refractivity contribution >= 4 is 5.69 Å². The minimum absolute atomic E-state index is 0.745. The number of hydrogen-bond acceptors (Lipinski definition) is 2. The van der Waals surface area contributed by atoms with Crippen LogP contribution in [-0.4, -0.2) is 19.3 Å². The number of fused-ring (bicyclic) bond motifs is 3. The summed E-state index contributed by atoms with van der Waals surface area (Å²) in [5.74, 6) is 0. The van der Waals surface area contributed by atoms with E-state index in [9.17, 15) is 0 Å². The van der Waals surface area contributed by atoms with Gasteiger partial charge in [0.1, 0.15) is 0 Å². The molecule has 2 aliphatic rings. The van der Waals surface area contributed by atoms with Crippen molar-refractivity contribution in [2.24, 2.45) is 0 Å². The lowest BCUT2D eigenvalue weighted by Crippen LogP contribution is -2.35. The quantitative estimate of drug-likeness (QED) is 0.639. The number of anilines is 1. The molecular formula is C11H14N2. The van der Waals surface area contributed by atoms with E-state index in [0.717, 1.165) is 19.3 Å². The molecule has 13 heavy (non-hydrogen) atoms. The molecule has 2 aliphatic heterocycles.